The smallest absolute Gasteiger partial charge is 0.303 e. The third-order valence-corrected chi connectivity index (χ3v) is 3.96. The van der Waals surface area contributed by atoms with Gasteiger partial charge in [-0.25, -0.2) is 0 Å². The van der Waals surface area contributed by atoms with Crippen molar-refractivity contribution >= 4 is 5.97 Å². The molecule has 1 aromatic rings. The lowest BCUT2D eigenvalue weighted by molar-refractivity contribution is -0.143. The maximum atomic E-state index is 10.7. The number of allylic oxidation sites excluding steroid dienone is 3. The lowest BCUT2D eigenvalue weighted by Gasteiger charge is -2.16. The van der Waals surface area contributed by atoms with Gasteiger partial charge in [0.15, 0.2) is 5.79 Å². The van der Waals surface area contributed by atoms with Crippen molar-refractivity contribution in [2.75, 3.05) is 0 Å². The summed E-state index contributed by atoms with van der Waals surface area (Å²) in [4.78, 5) is 10.7. The van der Waals surface area contributed by atoms with Gasteiger partial charge in [0.1, 0.15) is 6.10 Å². The highest BCUT2D eigenvalue weighted by Gasteiger charge is 2.39. The summed E-state index contributed by atoms with van der Waals surface area (Å²) in [5, 5.41) is 8.77. The van der Waals surface area contributed by atoms with Crippen LogP contribution in [-0.4, -0.2) is 29.1 Å². The zero-order valence-corrected chi connectivity index (χ0v) is 15.6. The van der Waals surface area contributed by atoms with E-state index in [0.29, 0.717) is 12.8 Å². The normalized spacial score (nSPS) is 21.8. The van der Waals surface area contributed by atoms with Crippen LogP contribution in [0.25, 0.3) is 0 Å². The van der Waals surface area contributed by atoms with Crippen LogP contribution in [0.15, 0.2) is 48.6 Å². The van der Waals surface area contributed by atoms with Crippen molar-refractivity contribution in [1.29, 1.82) is 0 Å². The summed E-state index contributed by atoms with van der Waals surface area (Å²) < 4.78 is 11.8. The van der Waals surface area contributed by atoms with E-state index in [0.717, 1.165) is 5.56 Å². The molecule has 2 rings (SSSR count). The molecular weight excluding hydrogens is 328 g/mol. The molecule has 0 unspecified atom stereocenters. The monoisotopic (exact) mass is 354 g/mol. The molecule has 1 saturated heterocycles. The van der Waals surface area contributed by atoms with Crippen molar-refractivity contribution < 1.29 is 19.4 Å². The van der Waals surface area contributed by atoms with E-state index in [9.17, 15) is 4.79 Å². The number of aryl methyl sites for hydroxylation is 1. The van der Waals surface area contributed by atoms with E-state index in [-0.39, 0.29) is 18.6 Å². The maximum absolute atomic E-state index is 10.7. The van der Waals surface area contributed by atoms with Gasteiger partial charge in [0.25, 0.3) is 0 Å². The third kappa shape index (κ3) is 6.87. The van der Waals surface area contributed by atoms with Crippen molar-refractivity contribution in [3.8, 4) is 11.8 Å². The van der Waals surface area contributed by atoms with Crippen LogP contribution in [-0.2, 0) is 14.3 Å². The summed E-state index contributed by atoms with van der Waals surface area (Å²) >= 11 is 0. The quantitative estimate of drug-likeness (QED) is 0.613. The van der Waals surface area contributed by atoms with Gasteiger partial charge < -0.3 is 14.6 Å². The van der Waals surface area contributed by atoms with Crippen LogP contribution in [0.5, 0.6) is 0 Å². The van der Waals surface area contributed by atoms with E-state index >= 15 is 0 Å². The molecule has 0 amide bonds. The molecule has 26 heavy (non-hydrogen) atoms. The van der Waals surface area contributed by atoms with E-state index in [1.807, 2.05) is 63.3 Å². The number of carboxylic acids is 1. The fourth-order valence-electron chi connectivity index (χ4n) is 2.74. The second-order valence-corrected chi connectivity index (χ2v) is 6.80. The molecule has 138 valence electrons. The molecule has 0 saturated carbocycles. The van der Waals surface area contributed by atoms with E-state index < -0.39 is 11.8 Å². The lowest BCUT2D eigenvalue weighted by atomic mass is 10.1. The van der Waals surface area contributed by atoms with Gasteiger partial charge in [-0.3, -0.25) is 4.79 Å². The molecule has 1 N–H and O–H groups in total. The predicted molar refractivity (Wildman–Crippen MR) is 102 cm³/mol. The third-order valence-electron chi connectivity index (χ3n) is 3.96. The first kappa shape index (κ1) is 20.0. The second-order valence-electron chi connectivity index (χ2n) is 6.80. The Labute approximate surface area is 155 Å². The van der Waals surface area contributed by atoms with Crippen molar-refractivity contribution in [2.45, 2.75) is 58.0 Å². The van der Waals surface area contributed by atoms with E-state index in [4.69, 9.17) is 14.6 Å². The molecular formula is C22H26O4. The molecule has 0 aromatic heterocycles. The number of benzene rings is 1. The zero-order chi connectivity index (χ0) is 19.0. The Kier molecular flexibility index (Phi) is 7.20. The lowest BCUT2D eigenvalue weighted by Crippen LogP contribution is -2.21. The molecule has 1 aliphatic heterocycles. The number of rotatable bonds is 6. The first-order valence-corrected chi connectivity index (χ1v) is 8.85. The first-order valence-electron chi connectivity index (χ1n) is 8.85. The van der Waals surface area contributed by atoms with Crippen molar-refractivity contribution in [3.05, 3.63) is 59.7 Å². The van der Waals surface area contributed by atoms with Crippen LogP contribution in [0.3, 0.4) is 0 Å². The van der Waals surface area contributed by atoms with Crippen LogP contribution >= 0.6 is 0 Å². The number of aliphatic carboxylic acids is 1. The Morgan fingerprint density at radius 2 is 1.96 bits per heavy atom. The molecule has 1 heterocycles. The van der Waals surface area contributed by atoms with Gasteiger partial charge in [0.05, 0.1) is 6.10 Å². The van der Waals surface area contributed by atoms with Gasteiger partial charge in [0, 0.05) is 12.0 Å². The Morgan fingerprint density at radius 3 is 2.65 bits per heavy atom. The van der Waals surface area contributed by atoms with Crippen LogP contribution in [0.2, 0.25) is 0 Å². The summed E-state index contributed by atoms with van der Waals surface area (Å²) in [5.41, 5.74) is 2.20. The fraction of sp³-hybridized carbons (Fsp3) is 0.409. The average Bonchev–Trinajstić information content (AvgIpc) is 2.86. The summed E-state index contributed by atoms with van der Waals surface area (Å²) in [7, 11) is 0. The van der Waals surface area contributed by atoms with Crippen molar-refractivity contribution in [3.63, 3.8) is 0 Å². The van der Waals surface area contributed by atoms with E-state index in [1.54, 1.807) is 6.08 Å². The minimum absolute atomic E-state index is 0.132. The molecule has 0 radical (unpaired) electrons. The number of carbonyl (C=O) groups is 1. The van der Waals surface area contributed by atoms with Gasteiger partial charge >= 0.3 is 5.97 Å². The van der Waals surface area contributed by atoms with Gasteiger partial charge in [-0.05, 0) is 51.8 Å². The minimum Gasteiger partial charge on any atom is -0.481 e. The van der Waals surface area contributed by atoms with Gasteiger partial charge in [-0.2, -0.15) is 0 Å². The number of ether oxygens (including phenoxy) is 2. The predicted octanol–water partition coefficient (Wildman–Crippen LogP) is 4.23. The molecule has 1 aromatic carbocycles. The maximum Gasteiger partial charge on any atom is 0.303 e. The molecule has 0 aliphatic carbocycles. The highest BCUT2D eigenvalue weighted by molar-refractivity contribution is 5.66. The number of hydrogen-bond donors (Lipinski definition) is 1. The number of hydrogen-bond acceptors (Lipinski definition) is 3. The molecule has 0 spiro atoms. The zero-order valence-electron chi connectivity index (χ0n) is 15.6. The second kappa shape index (κ2) is 9.38. The molecule has 0 bridgehead atoms. The topological polar surface area (TPSA) is 55.8 Å². The summed E-state index contributed by atoms with van der Waals surface area (Å²) in [5.74, 6) is 4.64. The molecule has 1 aliphatic rings. The molecule has 1 fully saturated rings. The largest absolute Gasteiger partial charge is 0.481 e. The van der Waals surface area contributed by atoms with Gasteiger partial charge in [-0.15, -0.1) is 0 Å². The van der Waals surface area contributed by atoms with E-state index in [1.165, 1.54) is 5.56 Å². The van der Waals surface area contributed by atoms with Gasteiger partial charge in [0.2, 0.25) is 0 Å². The fourth-order valence-corrected chi connectivity index (χ4v) is 2.74. The molecule has 4 heteroatoms. The van der Waals surface area contributed by atoms with Crippen LogP contribution < -0.4 is 0 Å². The summed E-state index contributed by atoms with van der Waals surface area (Å²) in [6.45, 7) is 5.79. The van der Waals surface area contributed by atoms with Crippen LogP contribution in [0, 0.1) is 18.8 Å². The summed E-state index contributed by atoms with van der Waals surface area (Å²) in [6.07, 6.45) is 8.53. The Bertz CT molecular complexity index is 717. The Balaban J connectivity index is 1.88. The van der Waals surface area contributed by atoms with Crippen LogP contribution in [0.4, 0.5) is 0 Å². The summed E-state index contributed by atoms with van der Waals surface area (Å²) in [6, 6.07) is 8.08. The highest BCUT2D eigenvalue weighted by Crippen LogP contribution is 2.31. The van der Waals surface area contributed by atoms with E-state index in [2.05, 4.69) is 11.8 Å². The first-order chi connectivity index (χ1) is 12.4. The molecule has 2 atom stereocenters. The Hall–Kier alpha value is -2.35. The average molecular weight is 354 g/mol. The van der Waals surface area contributed by atoms with Gasteiger partial charge in [-0.1, -0.05) is 47.8 Å². The SMILES string of the molecule is Cc1ccc(C#C/C=C/C=C/[C@H]2OC(C)(C)O[C@H]2CCCC(=O)O)cc1. The minimum atomic E-state index is -0.787. The van der Waals surface area contributed by atoms with Crippen molar-refractivity contribution in [1.82, 2.24) is 0 Å². The Morgan fingerprint density at radius 1 is 1.23 bits per heavy atom. The standard InChI is InChI=1S/C22H26O4/c1-17-13-15-18(16-14-17)9-6-4-5-7-10-19-20(11-8-12-21(23)24)26-22(2,3)25-19/h4-5,7,10,13-16,19-20H,8,11-12H2,1-3H3,(H,23,24)/b5-4+,10-7+/t19-,20+/m1/s1. The van der Waals surface area contributed by atoms with Crippen LogP contribution in [0.1, 0.15) is 44.2 Å². The molecule has 4 nitrogen and oxygen atoms in total. The highest BCUT2D eigenvalue weighted by atomic mass is 16.7. The van der Waals surface area contributed by atoms with Crippen molar-refractivity contribution in [2.24, 2.45) is 0 Å². The number of carboxylic acid groups (broad SMARTS) is 1.